The Morgan fingerprint density at radius 3 is 1.76 bits per heavy atom. The van der Waals surface area contributed by atoms with Crippen LogP contribution in [0.15, 0.2) is 36.5 Å². The van der Waals surface area contributed by atoms with Gasteiger partial charge in [-0.2, -0.15) is 0 Å². The second kappa shape index (κ2) is 33.1. The van der Waals surface area contributed by atoms with Gasteiger partial charge in [-0.3, -0.25) is 18.6 Å². The number of esters is 1. The van der Waals surface area contributed by atoms with Crippen LogP contribution in [0.25, 0.3) is 0 Å². The van der Waals surface area contributed by atoms with Crippen LogP contribution >= 0.6 is 7.82 Å². The number of unbranched alkanes of at least 4 members (excludes halogenated alkanes) is 14. The summed E-state index contributed by atoms with van der Waals surface area (Å²) in [5, 5.41) is 12.6. The third-order valence-electron chi connectivity index (χ3n) is 7.29. The van der Waals surface area contributed by atoms with Gasteiger partial charge in [0.2, 0.25) is 5.91 Å². The summed E-state index contributed by atoms with van der Waals surface area (Å²) in [6, 6.07) is 0. The van der Waals surface area contributed by atoms with Gasteiger partial charge in [0.1, 0.15) is 12.7 Å². The Morgan fingerprint density at radius 2 is 1.17 bits per heavy atom. The standard InChI is InChI=1S/C36H66NO8P/c1-3-5-7-9-11-13-15-16-17-19-20-22-24-26-28-35(39)37-30-31-44-46(41,42)45-33-34(38)32-43-36(40)29-27-25-23-21-18-14-12-10-8-6-4-2/h9-12,15-16,34,38H,3-8,13-14,17-33H2,1-2H3,(H,37,39)(H,41,42)/b11-9-,12-10-,16-15-. The highest BCUT2D eigenvalue weighted by molar-refractivity contribution is 7.47. The number of phosphoric ester groups is 1. The maximum absolute atomic E-state index is 12.0. The van der Waals surface area contributed by atoms with E-state index in [1.165, 1.54) is 32.1 Å². The van der Waals surface area contributed by atoms with Gasteiger partial charge in [0.15, 0.2) is 0 Å². The average Bonchev–Trinajstić information content (AvgIpc) is 3.04. The minimum Gasteiger partial charge on any atom is -0.463 e. The highest BCUT2D eigenvalue weighted by Crippen LogP contribution is 2.42. The number of hydrogen-bond acceptors (Lipinski definition) is 7. The van der Waals surface area contributed by atoms with E-state index in [0.29, 0.717) is 6.42 Å². The van der Waals surface area contributed by atoms with Crippen LogP contribution < -0.4 is 5.32 Å². The van der Waals surface area contributed by atoms with Gasteiger partial charge in [-0.15, -0.1) is 0 Å². The first-order valence-corrected chi connectivity index (χ1v) is 19.5. The van der Waals surface area contributed by atoms with Crippen molar-refractivity contribution in [3.05, 3.63) is 36.5 Å². The van der Waals surface area contributed by atoms with Gasteiger partial charge in [-0.1, -0.05) is 115 Å². The molecule has 0 saturated heterocycles. The number of rotatable bonds is 33. The molecule has 268 valence electrons. The van der Waals surface area contributed by atoms with E-state index in [4.69, 9.17) is 13.8 Å². The minimum atomic E-state index is -4.41. The Kier molecular flexibility index (Phi) is 31.9. The summed E-state index contributed by atoms with van der Waals surface area (Å²) in [6.45, 7) is 3.42. The molecule has 46 heavy (non-hydrogen) atoms. The summed E-state index contributed by atoms with van der Waals surface area (Å²) in [4.78, 5) is 33.7. The van der Waals surface area contributed by atoms with Crippen LogP contribution in [0.2, 0.25) is 0 Å². The van der Waals surface area contributed by atoms with E-state index in [2.05, 4.69) is 55.6 Å². The van der Waals surface area contributed by atoms with Crippen LogP contribution in [0.1, 0.15) is 149 Å². The van der Waals surface area contributed by atoms with Crippen molar-refractivity contribution < 1.29 is 37.9 Å². The van der Waals surface area contributed by atoms with E-state index in [9.17, 15) is 24.2 Å². The molecule has 0 rings (SSSR count). The lowest BCUT2D eigenvalue weighted by molar-refractivity contribution is -0.147. The predicted octanol–water partition coefficient (Wildman–Crippen LogP) is 9.04. The molecule has 9 nitrogen and oxygen atoms in total. The number of nitrogens with one attached hydrogen (secondary N) is 1. The second-order valence-electron chi connectivity index (χ2n) is 11.8. The molecule has 0 aromatic carbocycles. The Balaban J connectivity index is 3.67. The Labute approximate surface area is 280 Å². The Bertz CT molecular complexity index is 861. The number of amides is 1. The summed E-state index contributed by atoms with van der Waals surface area (Å²) in [7, 11) is -4.41. The van der Waals surface area contributed by atoms with E-state index in [1.54, 1.807) is 0 Å². The lowest BCUT2D eigenvalue weighted by Gasteiger charge is -2.15. The van der Waals surface area contributed by atoms with Crippen molar-refractivity contribution in [2.24, 2.45) is 0 Å². The summed E-state index contributed by atoms with van der Waals surface area (Å²) in [6.07, 6.45) is 33.6. The minimum absolute atomic E-state index is 0.0726. The largest absolute Gasteiger partial charge is 0.472 e. The quantitative estimate of drug-likeness (QED) is 0.0273. The fraction of sp³-hybridized carbons (Fsp3) is 0.778. The zero-order valence-electron chi connectivity index (χ0n) is 29.0. The van der Waals surface area contributed by atoms with Crippen molar-refractivity contribution in [2.45, 2.75) is 155 Å². The number of hydrogen-bond donors (Lipinski definition) is 3. The van der Waals surface area contributed by atoms with E-state index in [0.717, 1.165) is 89.9 Å². The van der Waals surface area contributed by atoms with Crippen LogP contribution in [-0.4, -0.2) is 54.3 Å². The van der Waals surface area contributed by atoms with Crippen LogP contribution in [0.5, 0.6) is 0 Å². The molecule has 0 aromatic rings. The zero-order chi connectivity index (χ0) is 34.0. The van der Waals surface area contributed by atoms with Crippen molar-refractivity contribution in [2.75, 3.05) is 26.4 Å². The number of aliphatic hydroxyl groups excluding tert-OH is 1. The molecule has 0 aliphatic heterocycles. The summed E-state index contributed by atoms with van der Waals surface area (Å²) in [5.41, 5.74) is 0. The predicted molar refractivity (Wildman–Crippen MR) is 187 cm³/mol. The average molecular weight is 672 g/mol. The molecule has 0 radical (unpaired) electrons. The molecule has 0 bridgehead atoms. The smallest absolute Gasteiger partial charge is 0.463 e. The number of carbonyl (C=O) groups excluding carboxylic acids is 2. The maximum Gasteiger partial charge on any atom is 0.472 e. The third-order valence-corrected chi connectivity index (χ3v) is 8.28. The molecule has 0 aliphatic rings. The molecule has 0 fully saturated rings. The molecule has 2 unspecified atom stereocenters. The summed E-state index contributed by atoms with van der Waals surface area (Å²) in [5.74, 6) is -0.545. The molecule has 0 saturated carbocycles. The Morgan fingerprint density at radius 1 is 0.674 bits per heavy atom. The number of ether oxygens (including phenoxy) is 1. The van der Waals surface area contributed by atoms with Gasteiger partial charge >= 0.3 is 13.8 Å². The lowest BCUT2D eigenvalue weighted by atomic mass is 10.1. The first-order chi connectivity index (χ1) is 22.3. The van der Waals surface area contributed by atoms with Gasteiger partial charge in [0.05, 0.1) is 13.2 Å². The Hall–Kier alpha value is -1.77. The highest BCUT2D eigenvalue weighted by Gasteiger charge is 2.23. The molecule has 2 atom stereocenters. The van der Waals surface area contributed by atoms with Crippen molar-refractivity contribution in [1.82, 2.24) is 5.32 Å². The summed E-state index contributed by atoms with van der Waals surface area (Å²) >= 11 is 0. The third kappa shape index (κ3) is 33.6. The highest BCUT2D eigenvalue weighted by atomic mass is 31.2. The molecular weight excluding hydrogens is 605 g/mol. The van der Waals surface area contributed by atoms with Crippen LogP contribution in [-0.2, 0) is 27.9 Å². The molecule has 10 heteroatoms. The van der Waals surface area contributed by atoms with Crippen molar-refractivity contribution >= 4 is 19.7 Å². The van der Waals surface area contributed by atoms with E-state index < -0.39 is 26.5 Å². The lowest BCUT2D eigenvalue weighted by Crippen LogP contribution is -2.27. The monoisotopic (exact) mass is 671 g/mol. The fourth-order valence-electron chi connectivity index (χ4n) is 4.49. The van der Waals surface area contributed by atoms with E-state index in [1.807, 2.05) is 0 Å². The molecule has 0 spiro atoms. The maximum atomic E-state index is 12.0. The van der Waals surface area contributed by atoms with Crippen molar-refractivity contribution in [3.63, 3.8) is 0 Å². The van der Waals surface area contributed by atoms with Gasteiger partial charge in [-0.05, 0) is 57.8 Å². The number of carbonyl (C=O) groups is 2. The molecular formula is C36H66NO8P. The van der Waals surface area contributed by atoms with Crippen LogP contribution in [0.4, 0.5) is 0 Å². The molecule has 3 N–H and O–H groups in total. The number of allylic oxidation sites excluding steroid dienone is 6. The second-order valence-corrected chi connectivity index (χ2v) is 13.3. The zero-order valence-corrected chi connectivity index (χ0v) is 29.9. The van der Waals surface area contributed by atoms with Gasteiger partial charge in [-0.25, -0.2) is 4.57 Å². The van der Waals surface area contributed by atoms with E-state index in [-0.39, 0.29) is 32.1 Å². The van der Waals surface area contributed by atoms with Gasteiger partial charge in [0, 0.05) is 19.4 Å². The SMILES string of the molecule is CCCC/C=C\C/C=C\CCCCCCCC(=O)NCCOP(=O)(O)OCC(O)COC(=O)CCCCCCC/C=C\CCCC. The van der Waals surface area contributed by atoms with Crippen molar-refractivity contribution in [1.29, 1.82) is 0 Å². The molecule has 0 aliphatic carbocycles. The van der Waals surface area contributed by atoms with Crippen LogP contribution in [0, 0.1) is 0 Å². The topological polar surface area (TPSA) is 131 Å². The number of phosphoric acid groups is 1. The number of aliphatic hydroxyl groups is 1. The first kappa shape index (κ1) is 44.2. The fourth-order valence-corrected chi connectivity index (χ4v) is 5.25. The summed E-state index contributed by atoms with van der Waals surface area (Å²) < 4.78 is 26.7. The molecule has 1 amide bonds. The molecule has 0 aromatic heterocycles. The molecule has 0 heterocycles. The van der Waals surface area contributed by atoms with Crippen LogP contribution in [0.3, 0.4) is 0 Å². The van der Waals surface area contributed by atoms with Gasteiger partial charge in [0.25, 0.3) is 0 Å². The first-order valence-electron chi connectivity index (χ1n) is 18.0. The van der Waals surface area contributed by atoms with E-state index >= 15 is 0 Å². The van der Waals surface area contributed by atoms with Crippen molar-refractivity contribution in [3.8, 4) is 0 Å². The normalized spacial score (nSPS) is 13.9. The van der Waals surface area contributed by atoms with Gasteiger partial charge < -0.3 is 20.1 Å².